The number of rotatable bonds is 1. The number of hydrogen-bond donors (Lipinski definition) is 1. The number of piperidine rings is 1. The number of hydrogen-bond acceptors (Lipinski definition) is 3. The molecule has 4 heteroatoms. The van der Waals surface area contributed by atoms with Crippen molar-refractivity contribution in [3.8, 4) is 0 Å². The minimum Gasteiger partial charge on any atom is -0.336 e. The highest BCUT2D eigenvalue weighted by atomic mass is 16.2. The van der Waals surface area contributed by atoms with Crippen molar-refractivity contribution >= 4 is 16.8 Å². The van der Waals surface area contributed by atoms with Crippen molar-refractivity contribution in [1.29, 1.82) is 0 Å². The summed E-state index contributed by atoms with van der Waals surface area (Å²) in [5.41, 5.74) is 9.62. The van der Waals surface area contributed by atoms with E-state index in [4.69, 9.17) is 5.73 Å². The molecule has 1 aromatic heterocycles. The molecule has 2 N–H and O–H groups in total. The van der Waals surface area contributed by atoms with Crippen LogP contribution in [0.3, 0.4) is 0 Å². The maximum atomic E-state index is 12.9. The molecule has 0 spiro atoms. The van der Waals surface area contributed by atoms with E-state index in [9.17, 15) is 4.79 Å². The van der Waals surface area contributed by atoms with Gasteiger partial charge in [-0.1, -0.05) is 12.1 Å². The summed E-state index contributed by atoms with van der Waals surface area (Å²) in [4.78, 5) is 19.5. The summed E-state index contributed by atoms with van der Waals surface area (Å²) in [6.07, 6.45) is 1.74. The van der Waals surface area contributed by atoms with Gasteiger partial charge in [0.1, 0.15) is 0 Å². The average molecular weight is 297 g/mol. The first-order valence-corrected chi connectivity index (χ1v) is 7.90. The summed E-state index contributed by atoms with van der Waals surface area (Å²) >= 11 is 0. The number of fused-ring (bicyclic) bond motifs is 1. The summed E-state index contributed by atoms with van der Waals surface area (Å²) in [6, 6.07) is 8.50. The molecule has 2 aromatic rings. The zero-order valence-electron chi connectivity index (χ0n) is 13.5. The van der Waals surface area contributed by atoms with Crippen LogP contribution in [0, 0.1) is 13.8 Å². The molecule has 0 radical (unpaired) electrons. The van der Waals surface area contributed by atoms with E-state index in [1.807, 2.05) is 30.9 Å². The summed E-state index contributed by atoms with van der Waals surface area (Å²) in [7, 11) is 0. The predicted molar refractivity (Wildman–Crippen MR) is 88.9 cm³/mol. The Kier molecular flexibility index (Phi) is 3.87. The first-order valence-electron chi connectivity index (χ1n) is 7.90. The maximum absolute atomic E-state index is 12.9. The third-order valence-corrected chi connectivity index (χ3v) is 4.57. The van der Waals surface area contributed by atoms with Crippen molar-refractivity contribution in [3.63, 3.8) is 0 Å². The lowest BCUT2D eigenvalue weighted by Crippen LogP contribution is -2.48. The highest BCUT2D eigenvalue weighted by Crippen LogP contribution is 2.23. The third-order valence-electron chi connectivity index (χ3n) is 4.57. The molecule has 1 fully saturated rings. The largest absolute Gasteiger partial charge is 0.336 e. The summed E-state index contributed by atoms with van der Waals surface area (Å²) in [6.45, 7) is 6.76. The van der Waals surface area contributed by atoms with Gasteiger partial charge in [-0.2, -0.15) is 0 Å². The predicted octanol–water partition coefficient (Wildman–Crippen LogP) is 2.80. The Morgan fingerprint density at radius 2 is 2.09 bits per heavy atom. The zero-order valence-corrected chi connectivity index (χ0v) is 13.5. The van der Waals surface area contributed by atoms with Gasteiger partial charge in [-0.3, -0.25) is 9.78 Å². The van der Waals surface area contributed by atoms with E-state index in [0.717, 1.165) is 36.0 Å². The Bertz CT molecular complexity index is 726. The van der Waals surface area contributed by atoms with Crippen molar-refractivity contribution < 1.29 is 4.79 Å². The number of aromatic nitrogens is 1. The van der Waals surface area contributed by atoms with Gasteiger partial charge in [0.2, 0.25) is 0 Å². The number of aryl methyl sites for hydroxylation is 2. The molecular formula is C18H23N3O. The van der Waals surface area contributed by atoms with E-state index < -0.39 is 0 Å². The van der Waals surface area contributed by atoms with Crippen LogP contribution in [0.5, 0.6) is 0 Å². The van der Waals surface area contributed by atoms with Crippen LogP contribution >= 0.6 is 0 Å². The lowest BCUT2D eigenvalue weighted by atomic mass is 9.97. The second-order valence-corrected chi connectivity index (χ2v) is 6.45. The van der Waals surface area contributed by atoms with Gasteiger partial charge in [-0.25, -0.2) is 0 Å². The molecule has 0 saturated carbocycles. The number of benzene rings is 1. The molecule has 22 heavy (non-hydrogen) atoms. The van der Waals surface area contributed by atoms with Crippen LogP contribution in [0.4, 0.5) is 0 Å². The number of nitrogens with two attached hydrogens (primary N) is 1. The summed E-state index contributed by atoms with van der Waals surface area (Å²) < 4.78 is 0. The minimum absolute atomic E-state index is 0.0758. The SMILES string of the molecule is Cc1ccc2cc(C(=O)N3CC[C@H](N)C[C@H]3C)c(C)nc2c1. The maximum Gasteiger partial charge on any atom is 0.255 e. The number of amides is 1. The Labute approximate surface area is 131 Å². The second kappa shape index (κ2) is 5.69. The highest BCUT2D eigenvalue weighted by molar-refractivity contribution is 5.99. The van der Waals surface area contributed by atoms with E-state index in [1.165, 1.54) is 5.56 Å². The van der Waals surface area contributed by atoms with Crippen LogP contribution in [0.15, 0.2) is 24.3 Å². The Morgan fingerprint density at radius 3 is 2.82 bits per heavy atom. The molecule has 2 heterocycles. The minimum atomic E-state index is 0.0758. The quantitative estimate of drug-likeness (QED) is 0.880. The van der Waals surface area contributed by atoms with Crippen LogP contribution in [-0.4, -0.2) is 34.4 Å². The molecule has 1 amide bonds. The molecule has 0 bridgehead atoms. The first-order chi connectivity index (χ1) is 10.5. The molecule has 0 unspecified atom stereocenters. The fraction of sp³-hybridized carbons (Fsp3) is 0.444. The van der Waals surface area contributed by atoms with Gasteiger partial charge in [-0.15, -0.1) is 0 Å². The molecule has 0 aliphatic carbocycles. The van der Waals surface area contributed by atoms with Gasteiger partial charge < -0.3 is 10.6 Å². The summed E-state index contributed by atoms with van der Waals surface area (Å²) in [5.74, 6) is 0.0758. The van der Waals surface area contributed by atoms with Crippen LogP contribution in [0.2, 0.25) is 0 Å². The van der Waals surface area contributed by atoms with E-state index in [-0.39, 0.29) is 18.0 Å². The fourth-order valence-corrected chi connectivity index (χ4v) is 3.25. The van der Waals surface area contributed by atoms with E-state index >= 15 is 0 Å². The standard InChI is InChI=1S/C18H23N3O/c1-11-4-5-14-10-16(13(3)20-17(14)8-11)18(22)21-7-6-15(19)9-12(21)2/h4-5,8,10,12,15H,6-7,9,19H2,1-3H3/t12-,15+/m1/s1. The lowest BCUT2D eigenvalue weighted by Gasteiger charge is -2.36. The van der Waals surface area contributed by atoms with Gasteiger partial charge >= 0.3 is 0 Å². The number of carbonyl (C=O) groups is 1. The first kappa shape index (κ1) is 15.0. The van der Waals surface area contributed by atoms with E-state index in [1.54, 1.807) is 0 Å². The number of pyridine rings is 1. The van der Waals surface area contributed by atoms with Crippen molar-refractivity contribution in [2.24, 2.45) is 5.73 Å². The van der Waals surface area contributed by atoms with Crippen molar-refractivity contribution in [2.75, 3.05) is 6.54 Å². The van der Waals surface area contributed by atoms with Crippen LogP contribution in [0.25, 0.3) is 10.9 Å². The third kappa shape index (κ3) is 2.71. The van der Waals surface area contributed by atoms with Gasteiger partial charge in [0.05, 0.1) is 16.8 Å². The van der Waals surface area contributed by atoms with Gasteiger partial charge in [-0.05, 0) is 51.3 Å². The highest BCUT2D eigenvalue weighted by Gasteiger charge is 2.28. The van der Waals surface area contributed by atoms with Gasteiger partial charge in [0.25, 0.3) is 5.91 Å². The number of likely N-dealkylation sites (tertiary alicyclic amines) is 1. The lowest BCUT2D eigenvalue weighted by molar-refractivity contribution is 0.0618. The van der Waals surface area contributed by atoms with Crippen LogP contribution in [0.1, 0.15) is 41.4 Å². The van der Waals surface area contributed by atoms with E-state index in [0.29, 0.717) is 5.56 Å². The Balaban J connectivity index is 1.97. The molecular weight excluding hydrogens is 274 g/mol. The molecule has 4 nitrogen and oxygen atoms in total. The molecule has 3 rings (SSSR count). The number of nitrogens with zero attached hydrogens (tertiary/aromatic N) is 2. The Hall–Kier alpha value is -1.94. The second-order valence-electron chi connectivity index (χ2n) is 6.45. The van der Waals surface area contributed by atoms with Gasteiger partial charge in [0.15, 0.2) is 0 Å². The normalized spacial score (nSPS) is 22.1. The molecule has 2 atom stereocenters. The number of carbonyl (C=O) groups excluding carboxylic acids is 1. The van der Waals surface area contributed by atoms with E-state index in [2.05, 4.69) is 24.0 Å². The molecule has 1 aromatic carbocycles. The zero-order chi connectivity index (χ0) is 15.9. The topological polar surface area (TPSA) is 59.2 Å². The van der Waals surface area contributed by atoms with Crippen LogP contribution < -0.4 is 5.73 Å². The van der Waals surface area contributed by atoms with Crippen molar-refractivity contribution in [1.82, 2.24) is 9.88 Å². The monoisotopic (exact) mass is 297 g/mol. The van der Waals surface area contributed by atoms with Crippen molar-refractivity contribution in [2.45, 2.75) is 45.7 Å². The molecule has 1 aliphatic heterocycles. The fourth-order valence-electron chi connectivity index (χ4n) is 3.25. The van der Waals surface area contributed by atoms with Crippen LogP contribution in [-0.2, 0) is 0 Å². The summed E-state index contributed by atoms with van der Waals surface area (Å²) in [5, 5.41) is 1.01. The molecule has 1 saturated heterocycles. The average Bonchev–Trinajstić information content (AvgIpc) is 2.45. The molecule has 116 valence electrons. The van der Waals surface area contributed by atoms with Crippen molar-refractivity contribution in [3.05, 3.63) is 41.1 Å². The van der Waals surface area contributed by atoms with Gasteiger partial charge in [0, 0.05) is 24.0 Å². The Morgan fingerprint density at radius 1 is 1.32 bits per heavy atom. The smallest absolute Gasteiger partial charge is 0.255 e. The molecule has 1 aliphatic rings.